The van der Waals surface area contributed by atoms with Crippen LogP contribution in [0.4, 0.5) is 5.69 Å². The summed E-state index contributed by atoms with van der Waals surface area (Å²) in [5.74, 6) is 0.353. The maximum absolute atomic E-state index is 11.2. The first kappa shape index (κ1) is 15.6. The summed E-state index contributed by atoms with van der Waals surface area (Å²) in [6.45, 7) is 5.94. The molecule has 1 aromatic rings. The predicted octanol–water partition coefficient (Wildman–Crippen LogP) is 4.84. The number of hydrogen-bond donors (Lipinski definition) is 0. The summed E-state index contributed by atoms with van der Waals surface area (Å²) >= 11 is 9.54. The van der Waals surface area contributed by atoms with E-state index in [2.05, 4.69) is 29.8 Å². The molecule has 3 unspecified atom stereocenters. The van der Waals surface area contributed by atoms with Gasteiger partial charge in [-0.1, -0.05) is 29.8 Å². The lowest BCUT2D eigenvalue weighted by Gasteiger charge is -2.50. The number of ether oxygens (including phenoxy) is 1. The third-order valence-corrected chi connectivity index (χ3v) is 5.45. The topological polar surface area (TPSA) is 52.4 Å². The van der Waals surface area contributed by atoms with Gasteiger partial charge in [-0.3, -0.25) is 10.1 Å². The van der Waals surface area contributed by atoms with Crippen molar-refractivity contribution in [2.24, 2.45) is 5.41 Å². The molecule has 1 saturated carbocycles. The van der Waals surface area contributed by atoms with Crippen LogP contribution in [0.2, 0.25) is 0 Å². The quantitative estimate of drug-likeness (QED) is 0.437. The molecule has 3 atom stereocenters. The molecule has 0 amide bonds. The van der Waals surface area contributed by atoms with Crippen LogP contribution in [0.3, 0.4) is 0 Å². The van der Waals surface area contributed by atoms with Gasteiger partial charge in [0.25, 0.3) is 0 Å². The van der Waals surface area contributed by atoms with Crippen molar-refractivity contribution in [1.29, 1.82) is 0 Å². The van der Waals surface area contributed by atoms with Crippen molar-refractivity contribution >= 4 is 33.2 Å². The van der Waals surface area contributed by atoms with Gasteiger partial charge in [-0.15, -0.1) is 11.6 Å². The highest BCUT2D eigenvalue weighted by Crippen LogP contribution is 2.50. The van der Waals surface area contributed by atoms with E-state index < -0.39 is 4.92 Å². The Morgan fingerprint density at radius 2 is 2.25 bits per heavy atom. The zero-order valence-electron chi connectivity index (χ0n) is 11.7. The molecule has 4 nitrogen and oxygen atoms in total. The lowest BCUT2D eigenvalue weighted by Crippen LogP contribution is -2.55. The third-order valence-electron chi connectivity index (χ3n) is 4.31. The minimum absolute atomic E-state index is 0.00616. The average molecular weight is 363 g/mol. The molecule has 110 valence electrons. The molecule has 1 aliphatic carbocycles. The minimum Gasteiger partial charge on any atom is -0.483 e. The van der Waals surface area contributed by atoms with E-state index in [1.54, 1.807) is 0 Å². The maximum Gasteiger partial charge on any atom is 0.312 e. The fraction of sp³-hybridized carbons (Fsp3) is 0.571. The summed E-state index contributed by atoms with van der Waals surface area (Å²) in [6, 6.07) is 3.30. The lowest BCUT2D eigenvalue weighted by atomic mass is 9.65. The number of alkyl halides is 1. The smallest absolute Gasteiger partial charge is 0.312 e. The Balaban J connectivity index is 2.33. The van der Waals surface area contributed by atoms with Crippen LogP contribution in [-0.2, 0) is 0 Å². The first-order valence-electron chi connectivity index (χ1n) is 6.54. The van der Waals surface area contributed by atoms with E-state index in [4.69, 9.17) is 16.3 Å². The molecule has 0 heterocycles. The SMILES string of the molecule is CCC1(C)C(Cl)CC1Oc1c(C)cc(Br)cc1[N+](=O)[O-]. The van der Waals surface area contributed by atoms with Gasteiger partial charge in [-0.25, -0.2) is 0 Å². The van der Waals surface area contributed by atoms with Crippen LogP contribution < -0.4 is 4.74 Å². The largest absolute Gasteiger partial charge is 0.483 e. The molecule has 0 bridgehead atoms. The number of halogens is 2. The standard InChI is InChI=1S/C14H17BrClNO3/c1-4-14(3)11(16)7-12(14)20-13-8(2)5-9(15)6-10(13)17(18)19/h5-6,11-12H,4,7H2,1-3H3. The Hall–Kier alpha value is -0.810. The zero-order valence-corrected chi connectivity index (χ0v) is 14.0. The normalized spacial score (nSPS) is 28.9. The van der Waals surface area contributed by atoms with Crippen molar-refractivity contribution in [2.75, 3.05) is 0 Å². The minimum atomic E-state index is -0.410. The van der Waals surface area contributed by atoms with Gasteiger partial charge in [0.15, 0.2) is 5.75 Å². The molecule has 1 fully saturated rings. The van der Waals surface area contributed by atoms with E-state index in [-0.39, 0.29) is 22.6 Å². The molecule has 1 aliphatic rings. The van der Waals surface area contributed by atoms with E-state index in [1.165, 1.54) is 6.07 Å². The number of nitro benzene ring substituents is 1. The number of nitro groups is 1. The second-order valence-electron chi connectivity index (χ2n) is 5.50. The average Bonchev–Trinajstić information content (AvgIpc) is 2.38. The van der Waals surface area contributed by atoms with E-state index in [0.29, 0.717) is 10.2 Å². The van der Waals surface area contributed by atoms with Gasteiger partial charge in [-0.2, -0.15) is 0 Å². The molecule has 2 rings (SSSR count). The Morgan fingerprint density at radius 3 is 2.75 bits per heavy atom. The molecule has 0 saturated heterocycles. The third kappa shape index (κ3) is 2.53. The van der Waals surface area contributed by atoms with Crippen LogP contribution in [0.25, 0.3) is 0 Å². The Kier molecular flexibility index (Phi) is 4.30. The number of rotatable bonds is 4. The lowest BCUT2D eigenvalue weighted by molar-refractivity contribution is -0.386. The van der Waals surface area contributed by atoms with Crippen molar-refractivity contribution < 1.29 is 9.66 Å². The van der Waals surface area contributed by atoms with Crippen molar-refractivity contribution in [1.82, 2.24) is 0 Å². The number of hydrogen-bond acceptors (Lipinski definition) is 3. The Morgan fingerprint density at radius 1 is 1.60 bits per heavy atom. The monoisotopic (exact) mass is 361 g/mol. The molecular formula is C14H17BrClNO3. The molecule has 20 heavy (non-hydrogen) atoms. The maximum atomic E-state index is 11.2. The van der Waals surface area contributed by atoms with Crippen LogP contribution in [0.5, 0.6) is 5.75 Å². The molecular weight excluding hydrogens is 346 g/mol. The highest BCUT2D eigenvalue weighted by Gasteiger charge is 2.51. The molecule has 0 aromatic heterocycles. The molecule has 0 radical (unpaired) electrons. The van der Waals surface area contributed by atoms with Gasteiger partial charge in [0.05, 0.1) is 4.92 Å². The van der Waals surface area contributed by atoms with Gasteiger partial charge in [0.1, 0.15) is 6.10 Å². The van der Waals surface area contributed by atoms with E-state index in [0.717, 1.165) is 18.4 Å². The van der Waals surface area contributed by atoms with Crippen molar-refractivity contribution in [3.8, 4) is 5.75 Å². The summed E-state index contributed by atoms with van der Waals surface area (Å²) in [5, 5.41) is 11.3. The second kappa shape index (κ2) is 5.53. The summed E-state index contributed by atoms with van der Waals surface area (Å²) in [4.78, 5) is 10.8. The summed E-state index contributed by atoms with van der Waals surface area (Å²) in [5.41, 5.74) is 0.616. The highest BCUT2D eigenvalue weighted by molar-refractivity contribution is 9.10. The fourth-order valence-electron chi connectivity index (χ4n) is 2.54. The van der Waals surface area contributed by atoms with Crippen LogP contribution in [0.1, 0.15) is 32.3 Å². The van der Waals surface area contributed by atoms with E-state index in [9.17, 15) is 10.1 Å². The molecule has 1 aromatic carbocycles. The number of nitrogens with zero attached hydrogens (tertiary/aromatic N) is 1. The van der Waals surface area contributed by atoms with E-state index >= 15 is 0 Å². The van der Waals surface area contributed by atoms with Gasteiger partial charge >= 0.3 is 5.69 Å². The summed E-state index contributed by atoms with van der Waals surface area (Å²) in [7, 11) is 0. The summed E-state index contributed by atoms with van der Waals surface area (Å²) in [6.07, 6.45) is 1.53. The Labute approximate surface area is 131 Å². The van der Waals surface area contributed by atoms with Gasteiger partial charge < -0.3 is 4.74 Å². The highest BCUT2D eigenvalue weighted by atomic mass is 79.9. The van der Waals surface area contributed by atoms with Crippen LogP contribution in [-0.4, -0.2) is 16.4 Å². The van der Waals surface area contributed by atoms with Crippen LogP contribution in [0.15, 0.2) is 16.6 Å². The van der Waals surface area contributed by atoms with Crippen molar-refractivity contribution in [2.45, 2.75) is 45.1 Å². The van der Waals surface area contributed by atoms with Crippen molar-refractivity contribution in [3.05, 3.63) is 32.3 Å². The van der Waals surface area contributed by atoms with Gasteiger partial charge in [0, 0.05) is 27.8 Å². The van der Waals surface area contributed by atoms with Crippen molar-refractivity contribution in [3.63, 3.8) is 0 Å². The molecule has 0 N–H and O–H groups in total. The van der Waals surface area contributed by atoms with Crippen LogP contribution >= 0.6 is 27.5 Å². The second-order valence-corrected chi connectivity index (χ2v) is 6.94. The number of benzene rings is 1. The van der Waals surface area contributed by atoms with E-state index in [1.807, 2.05) is 13.0 Å². The van der Waals surface area contributed by atoms with Crippen LogP contribution in [0, 0.1) is 22.5 Å². The molecule has 0 spiro atoms. The zero-order chi connectivity index (χ0) is 15.1. The first-order valence-corrected chi connectivity index (χ1v) is 7.77. The predicted molar refractivity (Wildman–Crippen MR) is 82.6 cm³/mol. The Bertz CT molecular complexity index is 551. The molecule has 6 heteroatoms. The fourth-order valence-corrected chi connectivity index (χ4v) is 3.56. The number of aryl methyl sites for hydroxylation is 1. The first-order chi connectivity index (χ1) is 9.29. The summed E-state index contributed by atoms with van der Waals surface area (Å²) < 4.78 is 6.64. The molecule has 0 aliphatic heterocycles. The van der Waals surface area contributed by atoms with Gasteiger partial charge in [0.2, 0.25) is 0 Å². The van der Waals surface area contributed by atoms with Gasteiger partial charge in [-0.05, 0) is 25.0 Å².